The standard InChI is InChI=1S/C23H23ClN2O3/c1-29-20-8-4-3-7-18(20)19(27)15-26-22(28)21(16-9-11-17(24)12-10-16)25-23(26)13-5-2-6-14-23/h3-4,7-12H,2,5-6,13-15H2,1H3. The molecule has 1 amide bonds. The van der Waals surface area contributed by atoms with Crippen molar-refractivity contribution in [2.75, 3.05) is 13.7 Å². The zero-order chi connectivity index (χ0) is 20.4. The molecule has 2 aromatic rings. The maximum Gasteiger partial charge on any atom is 0.275 e. The summed E-state index contributed by atoms with van der Waals surface area (Å²) < 4.78 is 5.33. The minimum Gasteiger partial charge on any atom is -0.496 e. The highest BCUT2D eigenvalue weighted by molar-refractivity contribution is 6.47. The van der Waals surface area contributed by atoms with E-state index < -0.39 is 5.66 Å². The summed E-state index contributed by atoms with van der Waals surface area (Å²) in [5.41, 5.74) is 0.990. The quantitative estimate of drug-likeness (QED) is 0.681. The van der Waals surface area contributed by atoms with E-state index in [0.29, 0.717) is 22.0 Å². The van der Waals surface area contributed by atoms with Crippen molar-refractivity contribution >= 4 is 29.0 Å². The van der Waals surface area contributed by atoms with E-state index in [1.165, 1.54) is 7.11 Å². The molecule has 1 aliphatic heterocycles. The molecular formula is C23H23ClN2O3. The van der Waals surface area contributed by atoms with Crippen LogP contribution in [0.4, 0.5) is 0 Å². The van der Waals surface area contributed by atoms with Crippen LogP contribution in [0.25, 0.3) is 0 Å². The molecule has 1 aliphatic carbocycles. The van der Waals surface area contributed by atoms with E-state index in [2.05, 4.69) is 0 Å². The summed E-state index contributed by atoms with van der Waals surface area (Å²) >= 11 is 6.00. The van der Waals surface area contributed by atoms with Gasteiger partial charge in [0.25, 0.3) is 5.91 Å². The largest absolute Gasteiger partial charge is 0.496 e. The Labute approximate surface area is 175 Å². The number of benzene rings is 2. The third kappa shape index (κ3) is 3.67. The average Bonchev–Trinajstić information content (AvgIpc) is 3.00. The number of methoxy groups -OCH3 is 1. The van der Waals surface area contributed by atoms with Crippen molar-refractivity contribution in [1.82, 2.24) is 4.90 Å². The molecule has 5 nitrogen and oxygen atoms in total. The number of para-hydroxylation sites is 1. The predicted molar refractivity (Wildman–Crippen MR) is 113 cm³/mol. The SMILES string of the molecule is COc1ccccc1C(=O)CN1C(=O)C(c2ccc(Cl)cc2)=NC12CCCCC2. The van der Waals surface area contributed by atoms with E-state index in [1.807, 2.05) is 6.07 Å². The molecule has 0 saturated heterocycles. The molecule has 2 aromatic carbocycles. The molecule has 0 unspecified atom stereocenters. The summed E-state index contributed by atoms with van der Waals surface area (Å²) in [5.74, 6) is 0.173. The first-order valence-corrected chi connectivity index (χ1v) is 10.3. The van der Waals surface area contributed by atoms with Crippen LogP contribution in [0.3, 0.4) is 0 Å². The van der Waals surface area contributed by atoms with Crippen LogP contribution < -0.4 is 4.74 Å². The molecule has 0 radical (unpaired) electrons. The highest BCUT2D eigenvalue weighted by atomic mass is 35.5. The van der Waals surface area contributed by atoms with Gasteiger partial charge in [-0.1, -0.05) is 42.3 Å². The number of aliphatic imine (C=N–C) groups is 1. The highest BCUT2D eigenvalue weighted by Crippen LogP contribution is 2.40. The average molecular weight is 411 g/mol. The number of ketones is 1. The van der Waals surface area contributed by atoms with Gasteiger partial charge in [-0.2, -0.15) is 0 Å². The van der Waals surface area contributed by atoms with Gasteiger partial charge in [0.2, 0.25) is 0 Å². The third-order valence-electron chi connectivity index (χ3n) is 5.75. The lowest BCUT2D eigenvalue weighted by molar-refractivity contribution is -0.128. The fraction of sp³-hybridized carbons (Fsp3) is 0.348. The number of amides is 1. The molecule has 2 aliphatic rings. The second kappa shape index (κ2) is 7.99. The number of Topliss-reactive ketones (excluding diaryl/α,β-unsaturated/α-hetero) is 1. The van der Waals surface area contributed by atoms with Gasteiger partial charge < -0.3 is 9.64 Å². The monoisotopic (exact) mass is 410 g/mol. The molecular weight excluding hydrogens is 388 g/mol. The van der Waals surface area contributed by atoms with Crippen molar-refractivity contribution in [3.8, 4) is 5.75 Å². The topological polar surface area (TPSA) is 59.0 Å². The molecule has 0 N–H and O–H groups in total. The van der Waals surface area contributed by atoms with Crippen LogP contribution in [0.2, 0.25) is 5.02 Å². The lowest BCUT2D eigenvalue weighted by Crippen LogP contribution is -2.50. The molecule has 1 heterocycles. The Balaban J connectivity index is 1.67. The Hall–Kier alpha value is -2.66. The van der Waals surface area contributed by atoms with Crippen molar-refractivity contribution < 1.29 is 14.3 Å². The molecule has 1 saturated carbocycles. The second-order valence-corrected chi connectivity index (χ2v) is 7.96. The van der Waals surface area contributed by atoms with E-state index in [0.717, 1.165) is 37.7 Å². The number of hydrogen-bond donors (Lipinski definition) is 0. The lowest BCUT2D eigenvalue weighted by Gasteiger charge is -2.38. The number of rotatable bonds is 5. The fourth-order valence-corrected chi connectivity index (χ4v) is 4.38. The molecule has 0 bridgehead atoms. The van der Waals surface area contributed by atoms with Crippen LogP contribution in [-0.4, -0.2) is 41.6 Å². The summed E-state index contributed by atoms with van der Waals surface area (Å²) in [6.07, 6.45) is 4.65. The second-order valence-electron chi connectivity index (χ2n) is 7.53. The zero-order valence-corrected chi connectivity index (χ0v) is 17.1. The normalized spacial score (nSPS) is 18.1. The Morgan fingerprint density at radius 1 is 1.10 bits per heavy atom. The Morgan fingerprint density at radius 3 is 2.48 bits per heavy atom. The molecule has 29 heavy (non-hydrogen) atoms. The van der Waals surface area contributed by atoms with Gasteiger partial charge in [-0.3, -0.25) is 14.6 Å². The van der Waals surface area contributed by atoms with Crippen LogP contribution in [0.1, 0.15) is 48.0 Å². The molecule has 0 atom stereocenters. The van der Waals surface area contributed by atoms with Crippen molar-refractivity contribution in [1.29, 1.82) is 0 Å². The molecule has 1 fully saturated rings. The number of halogens is 1. The number of carbonyl (C=O) groups is 2. The molecule has 6 heteroatoms. The number of carbonyl (C=O) groups excluding carboxylic acids is 2. The minimum atomic E-state index is -0.637. The Kier molecular flexibility index (Phi) is 5.41. The summed E-state index contributed by atoms with van der Waals surface area (Å²) in [4.78, 5) is 33.0. The summed E-state index contributed by atoms with van der Waals surface area (Å²) in [7, 11) is 1.54. The number of nitrogens with zero attached hydrogens (tertiary/aromatic N) is 2. The summed E-state index contributed by atoms with van der Waals surface area (Å²) in [5, 5.41) is 0.607. The molecule has 1 spiro atoms. The smallest absolute Gasteiger partial charge is 0.275 e. The van der Waals surface area contributed by atoms with Crippen LogP contribution in [0.5, 0.6) is 5.75 Å². The van der Waals surface area contributed by atoms with Gasteiger partial charge in [-0.25, -0.2) is 0 Å². The van der Waals surface area contributed by atoms with Gasteiger partial charge in [-0.15, -0.1) is 0 Å². The van der Waals surface area contributed by atoms with Crippen LogP contribution in [0, 0.1) is 0 Å². The summed E-state index contributed by atoms with van der Waals surface area (Å²) in [6.45, 7) is -0.0141. The van der Waals surface area contributed by atoms with Gasteiger partial charge in [0, 0.05) is 10.6 Å². The summed E-state index contributed by atoms with van der Waals surface area (Å²) in [6, 6.07) is 14.2. The Morgan fingerprint density at radius 2 is 1.79 bits per heavy atom. The minimum absolute atomic E-state index is 0.0141. The van der Waals surface area contributed by atoms with Crippen molar-refractivity contribution in [2.45, 2.75) is 37.8 Å². The lowest BCUT2D eigenvalue weighted by atomic mass is 9.88. The molecule has 4 rings (SSSR count). The molecule has 0 aromatic heterocycles. The van der Waals surface area contributed by atoms with E-state index in [1.54, 1.807) is 47.4 Å². The first kappa shape index (κ1) is 19.6. The van der Waals surface area contributed by atoms with Gasteiger partial charge in [0.1, 0.15) is 17.1 Å². The molecule has 150 valence electrons. The maximum absolute atomic E-state index is 13.4. The van der Waals surface area contributed by atoms with E-state index in [9.17, 15) is 9.59 Å². The van der Waals surface area contributed by atoms with Crippen molar-refractivity contribution in [3.05, 3.63) is 64.7 Å². The zero-order valence-electron chi connectivity index (χ0n) is 16.4. The van der Waals surface area contributed by atoms with E-state index >= 15 is 0 Å². The van der Waals surface area contributed by atoms with Crippen LogP contribution in [0.15, 0.2) is 53.5 Å². The van der Waals surface area contributed by atoms with Gasteiger partial charge in [0.15, 0.2) is 5.78 Å². The van der Waals surface area contributed by atoms with Crippen LogP contribution in [-0.2, 0) is 4.79 Å². The van der Waals surface area contributed by atoms with Gasteiger partial charge in [0.05, 0.1) is 19.2 Å². The van der Waals surface area contributed by atoms with E-state index in [-0.39, 0.29) is 18.2 Å². The fourth-order valence-electron chi connectivity index (χ4n) is 4.25. The first-order chi connectivity index (χ1) is 14.0. The van der Waals surface area contributed by atoms with Gasteiger partial charge in [-0.05, 0) is 49.9 Å². The Bertz CT molecular complexity index is 962. The highest BCUT2D eigenvalue weighted by Gasteiger charge is 2.48. The van der Waals surface area contributed by atoms with Crippen molar-refractivity contribution in [3.63, 3.8) is 0 Å². The van der Waals surface area contributed by atoms with Gasteiger partial charge >= 0.3 is 0 Å². The van der Waals surface area contributed by atoms with Crippen LogP contribution >= 0.6 is 11.6 Å². The third-order valence-corrected chi connectivity index (χ3v) is 6.00. The van der Waals surface area contributed by atoms with E-state index in [4.69, 9.17) is 21.3 Å². The first-order valence-electron chi connectivity index (χ1n) is 9.88. The number of hydrogen-bond acceptors (Lipinski definition) is 4. The maximum atomic E-state index is 13.4. The number of ether oxygens (including phenoxy) is 1. The van der Waals surface area contributed by atoms with Crippen molar-refractivity contribution in [2.24, 2.45) is 4.99 Å². The predicted octanol–water partition coefficient (Wildman–Crippen LogP) is 4.52.